The van der Waals surface area contributed by atoms with Crippen LogP contribution < -0.4 is 10.1 Å². The summed E-state index contributed by atoms with van der Waals surface area (Å²) in [5.41, 5.74) is 0.863. The minimum absolute atomic E-state index is 0.140. The molecular weight excluding hydrogens is 228 g/mol. The molecule has 1 atom stereocenters. The van der Waals surface area contributed by atoms with Crippen LogP contribution in [0.4, 0.5) is 0 Å². The molecule has 2 rings (SSSR count). The Morgan fingerprint density at radius 1 is 1.33 bits per heavy atom. The number of benzene rings is 1. The summed E-state index contributed by atoms with van der Waals surface area (Å²) in [6.07, 6.45) is 0.705. The molecule has 98 valence electrons. The van der Waals surface area contributed by atoms with Crippen molar-refractivity contribution in [1.82, 2.24) is 10.2 Å². The number of carbonyl (C=O) groups excluding carboxylic acids is 1. The smallest absolute Gasteiger partial charge is 0.241 e. The highest BCUT2D eigenvalue weighted by atomic mass is 16.5. The van der Waals surface area contributed by atoms with E-state index in [4.69, 9.17) is 4.74 Å². The summed E-state index contributed by atoms with van der Waals surface area (Å²) < 4.78 is 5.12. The average molecular weight is 248 g/mol. The number of rotatable bonds is 3. The van der Waals surface area contributed by atoms with E-state index in [1.54, 1.807) is 12.0 Å². The summed E-state index contributed by atoms with van der Waals surface area (Å²) >= 11 is 0. The second kappa shape index (κ2) is 4.61. The normalized spacial score (nSPS) is 22.3. The van der Waals surface area contributed by atoms with Crippen molar-refractivity contribution in [3.8, 4) is 5.75 Å². The zero-order valence-electron chi connectivity index (χ0n) is 11.4. The van der Waals surface area contributed by atoms with Crippen molar-refractivity contribution in [2.45, 2.75) is 32.0 Å². The van der Waals surface area contributed by atoms with Crippen LogP contribution >= 0.6 is 0 Å². The first-order chi connectivity index (χ1) is 8.44. The van der Waals surface area contributed by atoms with E-state index in [2.05, 4.69) is 5.32 Å². The molecule has 1 aliphatic heterocycles. The van der Waals surface area contributed by atoms with E-state index < -0.39 is 0 Å². The van der Waals surface area contributed by atoms with Crippen molar-refractivity contribution in [1.29, 1.82) is 0 Å². The lowest BCUT2D eigenvalue weighted by molar-refractivity contribution is -0.129. The maximum atomic E-state index is 12.1. The molecule has 18 heavy (non-hydrogen) atoms. The number of nitrogens with one attached hydrogen (secondary N) is 1. The number of hydrogen-bond acceptors (Lipinski definition) is 3. The summed E-state index contributed by atoms with van der Waals surface area (Å²) in [5.74, 6) is 0.984. The van der Waals surface area contributed by atoms with Gasteiger partial charge in [-0.2, -0.15) is 0 Å². The first kappa shape index (κ1) is 12.9. The van der Waals surface area contributed by atoms with Crippen LogP contribution in [0, 0.1) is 0 Å². The van der Waals surface area contributed by atoms with Crippen molar-refractivity contribution in [2.75, 3.05) is 14.2 Å². The van der Waals surface area contributed by atoms with Crippen LogP contribution in [0.15, 0.2) is 24.3 Å². The van der Waals surface area contributed by atoms with Gasteiger partial charge in [0.05, 0.1) is 18.8 Å². The molecule has 1 aromatic carbocycles. The molecule has 0 aromatic heterocycles. The average Bonchev–Trinajstić information content (AvgIpc) is 2.54. The molecule has 1 fully saturated rings. The fraction of sp³-hybridized carbons (Fsp3) is 0.500. The third kappa shape index (κ3) is 2.34. The Kier molecular flexibility index (Phi) is 3.30. The fourth-order valence-electron chi connectivity index (χ4n) is 2.23. The Hall–Kier alpha value is -1.55. The predicted molar refractivity (Wildman–Crippen MR) is 70.5 cm³/mol. The Labute approximate surface area is 108 Å². The lowest BCUT2D eigenvalue weighted by Crippen LogP contribution is -2.45. The molecule has 0 radical (unpaired) electrons. The van der Waals surface area contributed by atoms with Gasteiger partial charge in [0, 0.05) is 7.05 Å². The Balaban J connectivity index is 2.08. The SMILES string of the molecule is COc1ccc(C[C@@H]2NC(C)(C)N(C)C2=O)cc1. The zero-order chi connectivity index (χ0) is 13.3. The number of methoxy groups -OCH3 is 1. The van der Waals surface area contributed by atoms with Gasteiger partial charge in [-0.15, -0.1) is 0 Å². The first-order valence-electron chi connectivity index (χ1n) is 6.12. The van der Waals surface area contributed by atoms with Crippen LogP contribution in [-0.4, -0.2) is 36.7 Å². The number of likely N-dealkylation sites (N-methyl/N-ethyl adjacent to an activating group) is 1. The van der Waals surface area contributed by atoms with E-state index in [1.165, 1.54) is 0 Å². The molecular formula is C14H20N2O2. The van der Waals surface area contributed by atoms with Gasteiger partial charge in [-0.25, -0.2) is 0 Å². The molecule has 0 unspecified atom stereocenters. The number of carbonyl (C=O) groups is 1. The minimum atomic E-state index is -0.270. The highest BCUT2D eigenvalue weighted by Crippen LogP contribution is 2.21. The van der Waals surface area contributed by atoms with Crippen molar-refractivity contribution in [3.05, 3.63) is 29.8 Å². The summed E-state index contributed by atoms with van der Waals surface area (Å²) in [6.45, 7) is 4.03. The van der Waals surface area contributed by atoms with Gasteiger partial charge in [-0.05, 0) is 38.0 Å². The molecule has 1 aliphatic rings. The van der Waals surface area contributed by atoms with Gasteiger partial charge in [-0.1, -0.05) is 12.1 Å². The van der Waals surface area contributed by atoms with Gasteiger partial charge in [-0.3, -0.25) is 10.1 Å². The molecule has 1 saturated heterocycles. The summed E-state index contributed by atoms with van der Waals surface area (Å²) in [5, 5.41) is 3.35. The summed E-state index contributed by atoms with van der Waals surface area (Å²) in [4.78, 5) is 13.9. The van der Waals surface area contributed by atoms with Crippen LogP contribution in [0.1, 0.15) is 19.4 Å². The third-order valence-electron chi connectivity index (χ3n) is 3.59. The lowest BCUT2D eigenvalue weighted by Gasteiger charge is -2.27. The van der Waals surface area contributed by atoms with Crippen LogP contribution in [0.2, 0.25) is 0 Å². The topological polar surface area (TPSA) is 41.6 Å². The van der Waals surface area contributed by atoms with Crippen LogP contribution in [-0.2, 0) is 11.2 Å². The zero-order valence-corrected chi connectivity index (χ0v) is 11.4. The Morgan fingerprint density at radius 2 is 1.94 bits per heavy atom. The molecule has 1 aromatic rings. The molecule has 0 bridgehead atoms. The Bertz CT molecular complexity index is 440. The number of amides is 1. The van der Waals surface area contributed by atoms with E-state index in [-0.39, 0.29) is 17.6 Å². The van der Waals surface area contributed by atoms with Gasteiger partial charge in [0.2, 0.25) is 5.91 Å². The predicted octanol–water partition coefficient (Wildman–Crippen LogP) is 1.40. The largest absolute Gasteiger partial charge is 0.497 e. The van der Waals surface area contributed by atoms with Gasteiger partial charge < -0.3 is 9.64 Å². The van der Waals surface area contributed by atoms with Crippen molar-refractivity contribution < 1.29 is 9.53 Å². The molecule has 1 amide bonds. The van der Waals surface area contributed by atoms with Gasteiger partial charge in [0.1, 0.15) is 5.75 Å². The second-order valence-electron chi connectivity index (χ2n) is 5.21. The van der Waals surface area contributed by atoms with Crippen molar-refractivity contribution in [3.63, 3.8) is 0 Å². The summed E-state index contributed by atoms with van der Waals surface area (Å²) in [6, 6.07) is 7.70. The lowest BCUT2D eigenvalue weighted by atomic mass is 10.1. The fourth-order valence-corrected chi connectivity index (χ4v) is 2.23. The van der Waals surface area contributed by atoms with Crippen molar-refractivity contribution >= 4 is 5.91 Å². The third-order valence-corrected chi connectivity index (χ3v) is 3.59. The molecule has 1 heterocycles. The maximum absolute atomic E-state index is 12.1. The molecule has 4 nitrogen and oxygen atoms in total. The van der Waals surface area contributed by atoms with Crippen molar-refractivity contribution in [2.24, 2.45) is 0 Å². The Morgan fingerprint density at radius 3 is 2.39 bits per heavy atom. The van der Waals surface area contributed by atoms with E-state index in [9.17, 15) is 4.79 Å². The molecule has 0 spiro atoms. The van der Waals surface area contributed by atoms with Crippen LogP contribution in [0.3, 0.4) is 0 Å². The van der Waals surface area contributed by atoms with Gasteiger partial charge in [0.15, 0.2) is 0 Å². The molecule has 0 saturated carbocycles. The molecule has 0 aliphatic carbocycles. The van der Waals surface area contributed by atoms with Gasteiger partial charge >= 0.3 is 0 Å². The monoisotopic (exact) mass is 248 g/mol. The standard InChI is InChI=1S/C14H20N2O2/c1-14(2)15-12(13(17)16(14)3)9-10-5-7-11(18-4)8-6-10/h5-8,12,15H,9H2,1-4H3/t12-/m0/s1. The van der Waals surface area contributed by atoms with E-state index in [0.717, 1.165) is 11.3 Å². The minimum Gasteiger partial charge on any atom is -0.497 e. The van der Waals surface area contributed by atoms with E-state index in [1.807, 2.05) is 45.2 Å². The quantitative estimate of drug-likeness (QED) is 0.879. The van der Waals surface area contributed by atoms with E-state index >= 15 is 0 Å². The number of nitrogens with zero attached hydrogens (tertiary/aromatic N) is 1. The van der Waals surface area contributed by atoms with E-state index in [0.29, 0.717) is 6.42 Å². The number of hydrogen-bond donors (Lipinski definition) is 1. The first-order valence-corrected chi connectivity index (χ1v) is 6.12. The van der Waals surface area contributed by atoms with Gasteiger partial charge in [0.25, 0.3) is 0 Å². The highest BCUT2D eigenvalue weighted by molar-refractivity contribution is 5.85. The van der Waals surface area contributed by atoms with Crippen LogP contribution in [0.25, 0.3) is 0 Å². The number of ether oxygens (including phenoxy) is 1. The second-order valence-corrected chi connectivity index (χ2v) is 5.21. The maximum Gasteiger partial charge on any atom is 0.241 e. The molecule has 1 N–H and O–H groups in total. The highest BCUT2D eigenvalue weighted by Gasteiger charge is 2.41. The summed E-state index contributed by atoms with van der Waals surface area (Å²) in [7, 11) is 3.48. The molecule has 4 heteroatoms. The van der Waals surface area contributed by atoms with Crippen LogP contribution in [0.5, 0.6) is 5.75 Å².